The second-order valence-corrected chi connectivity index (χ2v) is 6.99. The molecule has 4 atom stereocenters. The number of fused-ring (bicyclic) bond motifs is 3. The summed E-state index contributed by atoms with van der Waals surface area (Å²) in [5.41, 5.74) is 1.18. The zero-order valence-corrected chi connectivity index (χ0v) is 15.0. The van der Waals surface area contributed by atoms with Crippen molar-refractivity contribution in [2.45, 2.75) is 38.3 Å². The Labute approximate surface area is 148 Å². The van der Waals surface area contributed by atoms with Gasteiger partial charge in [-0.15, -0.1) is 0 Å². The van der Waals surface area contributed by atoms with E-state index in [4.69, 9.17) is 9.47 Å². The van der Waals surface area contributed by atoms with Gasteiger partial charge in [0.25, 0.3) is 0 Å². The van der Waals surface area contributed by atoms with Crippen LogP contribution in [0.2, 0.25) is 0 Å². The maximum Gasteiger partial charge on any atom is 0.333 e. The number of nitrogens with zero attached hydrogens (tertiary/aromatic N) is 1. The summed E-state index contributed by atoms with van der Waals surface area (Å²) in [6.45, 7) is 3.84. The largest absolute Gasteiger partial charge is 0.490 e. The van der Waals surface area contributed by atoms with Crippen LogP contribution in [0.4, 0.5) is 0 Å². The van der Waals surface area contributed by atoms with Gasteiger partial charge in [0.15, 0.2) is 0 Å². The fourth-order valence-corrected chi connectivity index (χ4v) is 3.98. The summed E-state index contributed by atoms with van der Waals surface area (Å²) in [5, 5.41) is 11.7. The van der Waals surface area contributed by atoms with Crippen molar-refractivity contribution >= 4 is 21.9 Å². The van der Waals surface area contributed by atoms with Crippen LogP contribution >= 0.6 is 15.9 Å². The van der Waals surface area contributed by atoms with Gasteiger partial charge in [-0.25, -0.2) is 4.79 Å². The Hall–Kier alpha value is -1.89. The van der Waals surface area contributed by atoms with Gasteiger partial charge in [-0.1, -0.05) is 22.0 Å². The SMILES string of the molecule is CCOC(=O)C1=C[C@@H]2[C@H](c3cc(Br)ccc3O[C@H]2C)[C@@H]([N+](=O)[O-])C1. The smallest absolute Gasteiger partial charge is 0.333 e. The highest BCUT2D eigenvalue weighted by Crippen LogP contribution is 2.48. The number of rotatable bonds is 3. The van der Waals surface area contributed by atoms with E-state index in [1.807, 2.05) is 25.1 Å². The molecule has 0 bridgehead atoms. The molecule has 0 saturated carbocycles. The van der Waals surface area contributed by atoms with Gasteiger partial charge in [-0.3, -0.25) is 10.1 Å². The van der Waals surface area contributed by atoms with E-state index in [2.05, 4.69) is 15.9 Å². The molecule has 2 aliphatic rings. The molecule has 0 fully saturated rings. The Balaban J connectivity index is 2.08. The Morgan fingerprint density at radius 2 is 2.25 bits per heavy atom. The lowest BCUT2D eigenvalue weighted by molar-refractivity contribution is -0.529. The highest BCUT2D eigenvalue weighted by atomic mass is 79.9. The van der Waals surface area contributed by atoms with Gasteiger partial charge in [-0.05, 0) is 32.0 Å². The molecule has 1 aliphatic heterocycles. The molecular formula is C17H18BrNO5. The summed E-state index contributed by atoms with van der Waals surface area (Å²) >= 11 is 3.42. The van der Waals surface area contributed by atoms with E-state index in [0.29, 0.717) is 11.3 Å². The first-order chi connectivity index (χ1) is 11.4. The molecule has 1 heterocycles. The summed E-state index contributed by atoms with van der Waals surface area (Å²) < 4.78 is 11.8. The number of halogens is 1. The van der Waals surface area contributed by atoms with Gasteiger partial charge in [0.1, 0.15) is 11.9 Å². The number of ether oxygens (including phenoxy) is 2. The van der Waals surface area contributed by atoms with Gasteiger partial charge >= 0.3 is 5.97 Å². The average Bonchev–Trinajstić information content (AvgIpc) is 2.55. The molecule has 0 saturated heterocycles. The topological polar surface area (TPSA) is 78.7 Å². The van der Waals surface area contributed by atoms with Crippen molar-refractivity contribution in [2.75, 3.05) is 6.61 Å². The normalized spacial score (nSPS) is 28.0. The van der Waals surface area contributed by atoms with Crippen molar-refractivity contribution in [1.29, 1.82) is 0 Å². The maximum atomic E-state index is 12.1. The van der Waals surface area contributed by atoms with E-state index in [9.17, 15) is 14.9 Å². The lowest BCUT2D eigenvalue weighted by Crippen LogP contribution is -2.44. The number of benzene rings is 1. The van der Waals surface area contributed by atoms with Crippen LogP contribution in [-0.2, 0) is 9.53 Å². The van der Waals surface area contributed by atoms with E-state index in [1.165, 1.54) is 0 Å². The predicted octanol–water partition coefficient (Wildman–Crippen LogP) is 3.47. The third-order valence-corrected chi connectivity index (χ3v) is 5.14. The van der Waals surface area contributed by atoms with Gasteiger partial charge in [0.2, 0.25) is 6.04 Å². The lowest BCUT2D eigenvalue weighted by atomic mass is 9.70. The average molecular weight is 396 g/mol. The highest BCUT2D eigenvalue weighted by Gasteiger charge is 2.49. The monoisotopic (exact) mass is 395 g/mol. The van der Waals surface area contributed by atoms with Crippen LogP contribution in [0.3, 0.4) is 0 Å². The quantitative estimate of drug-likeness (QED) is 0.444. The van der Waals surface area contributed by atoms with Crippen molar-refractivity contribution in [1.82, 2.24) is 0 Å². The molecule has 0 N–H and O–H groups in total. The molecule has 24 heavy (non-hydrogen) atoms. The maximum absolute atomic E-state index is 12.1. The van der Waals surface area contributed by atoms with Crippen LogP contribution in [0, 0.1) is 16.0 Å². The molecular weight excluding hydrogens is 378 g/mol. The molecule has 1 aliphatic carbocycles. The first-order valence-corrected chi connectivity index (χ1v) is 8.69. The Bertz CT molecular complexity index is 717. The van der Waals surface area contributed by atoms with Crippen molar-refractivity contribution in [3.8, 4) is 5.75 Å². The molecule has 7 heteroatoms. The third kappa shape index (κ3) is 2.92. The van der Waals surface area contributed by atoms with E-state index in [1.54, 1.807) is 13.0 Å². The minimum Gasteiger partial charge on any atom is -0.490 e. The minimum absolute atomic E-state index is 0.0751. The van der Waals surface area contributed by atoms with Crippen molar-refractivity contribution in [2.24, 2.45) is 5.92 Å². The van der Waals surface area contributed by atoms with Crippen LogP contribution in [0.15, 0.2) is 34.3 Å². The van der Waals surface area contributed by atoms with E-state index in [0.717, 1.165) is 10.0 Å². The van der Waals surface area contributed by atoms with Gasteiger partial charge in [0.05, 0.1) is 12.5 Å². The lowest BCUT2D eigenvalue weighted by Gasteiger charge is -2.40. The molecule has 0 unspecified atom stereocenters. The van der Waals surface area contributed by atoms with Gasteiger partial charge in [-0.2, -0.15) is 0 Å². The number of esters is 1. The molecule has 1 aromatic rings. The second-order valence-electron chi connectivity index (χ2n) is 6.08. The molecule has 1 aromatic carbocycles. The molecule has 0 amide bonds. The van der Waals surface area contributed by atoms with Crippen molar-refractivity contribution in [3.63, 3.8) is 0 Å². The minimum atomic E-state index is -0.876. The number of hydrogen-bond donors (Lipinski definition) is 0. The van der Waals surface area contributed by atoms with E-state index < -0.39 is 12.0 Å². The molecule has 3 rings (SSSR count). The van der Waals surface area contributed by atoms with Crippen LogP contribution in [0.25, 0.3) is 0 Å². The second kappa shape index (κ2) is 6.55. The number of nitro groups is 1. The number of carbonyl (C=O) groups is 1. The Kier molecular flexibility index (Phi) is 4.62. The first-order valence-electron chi connectivity index (χ1n) is 7.89. The summed E-state index contributed by atoms with van der Waals surface area (Å²) in [6, 6.07) is 4.68. The van der Waals surface area contributed by atoms with Crippen LogP contribution < -0.4 is 4.74 Å². The van der Waals surface area contributed by atoms with Crippen LogP contribution in [-0.4, -0.2) is 29.6 Å². The Morgan fingerprint density at radius 1 is 1.50 bits per heavy atom. The summed E-state index contributed by atoms with van der Waals surface area (Å²) in [5.74, 6) is -0.369. The van der Waals surface area contributed by atoms with Gasteiger partial charge < -0.3 is 9.47 Å². The number of carbonyl (C=O) groups excluding carboxylic acids is 1. The zero-order valence-electron chi connectivity index (χ0n) is 13.4. The number of hydrogen-bond acceptors (Lipinski definition) is 5. The molecule has 0 spiro atoms. The molecule has 6 nitrogen and oxygen atoms in total. The van der Waals surface area contributed by atoms with E-state index in [-0.39, 0.29) is 35.9 Å². The first kappa shape index (κ1) is 17.0. The fraction of sp³-hybridized carbons (Fsp3) is 0.471. The van der Waals surface area contributed by atoms with E-state index >= 15 is 0 Å². The van der Waals surface area contributed by atoms with Crippen molar-refractivity contribution in [3.05, 3.63) is 50.0 Å². The van der Waals surface area contributed by atoms with Gasteiger partial charge in [0, 0.05) is 32.9 Å². The summed E-state index contributed by atoms with van der Waals surface area (Å²) in [7, 11) is 0. The molecule has 0 radical (unpaired) electrons. The molecule has 0 aromatic heterocycles. The zero-order chi connectivity index (χ0) is 17.4. The standard InChI is InChI=1S/C17H18BrNO5/c1-3-23-17(20)10-6-12-9(2)24-15-5-4-11(18)8-13(15)16(12)14(7-10)19(21)22/h4-6,8-9,12,14,16H,3,7H2,1-2H3/t9-,12-,14-,16+/m0/s1. The Morgan fingerprint density at radius 3 is 2.92 bits per heavy atom. The highest BCUT2D eigenvalue weighted by molar-refractivity contribution is 9.10. The van der Waals surface area contributed by atoms with Crippen molar-refractivity contribution < 1.29 is 19.2 Å². The van der Waals surface area contributed by atoms with Crippen LogP contribution in [0.5, 0.6) is 5.75 Å². The van der Waals surface area contributed by atoms with Crippen LogP contribution in [0.1, 0.15) is 31.7 Å². The summed E-state index contributed by atoms with van der Waals surface area (Å²) in [4.78, 5) is 23.5. The summed E-state index contributed by atoms with van der Waals surface area (Å²) in [6.07, 6.45) is 1.62. The predicted molar refractivity (Wildman–Crippen MR) is 90.6 cm³/mol. The third-order valence-electron chi connectivity index (χ3n) is 4.65. The fourth-order valence-electron chi connectivity index (χ4n) is 3.60. The molecule has 128 valence electrons.